The minimum absolute atomic E-state index is 0.0252. The van der Waals surface area contributed by atoms with Gasteiger partial charge in [-0.3, -0.25) is 9.78 Å². The molecule has 1 N–H and O–H groups in total. The van der Waals surface area contributed by atoms with Gasteiger partial charge in [0, 0.05) is 36.4 Å². The summed E-state index contributed by atoms with van der Waals surface area (Å²) in [4.78, 5) is 16.5. The third-order valence-electron chi connectivity index (χ3n) is 4.42. The van der Waals surface area contributed by atoms with Gasteiger partial charge in [0.1, 0.15) is 6.10 Å². The van der Waals surface area contributed by atoms with Crippen LogP contribution in [0.3, 0.4) is 0 Å². The number of halogens is 4. The molecule has 0 radical (unpaired) electrons. The number of alkyl halides is 2. The summed E-state index contributed by atoms with van der Waals surface area (Å²) in [5.74, 6) is -0.472. The van der Waals surface area contributed by atoms with E-state index in [-0.39, 0.29) is 45.4 Å². The number of benzene rings is 1. The molecule has 0 spiro atoms. The molecule has 1 aromatic carbocycles. The molecule has 2 atom stereocenters. The van der Waals surface area contributed by atoms with Gasteiger partial charge in [0.15, 0.2) is 17.3 Å². The molecule has 9 heteroatoms. The van der Waals surface area contributed by atoms with E-state index in [1.54, 1.807) is 0 Å². The second-order valence-corrected chi connectivity index (χ2v) is 7.24. The lowest BCUT2D eigenvalue weighted by atomic mass is 10.0. The van der Waals surface area contributed by atoms with E-state index in [2.05, 4.69) is 9.72 Å². The van der Waals surface area contributed by atoms with Crippen LogP contribution < -0.4 is 9.47 Å². The number of carbonyl (C=O) groups excluding carboxylic acids is 1. The van der Waals surface area contributed by atoms with Crippen LogP contribution in [0.5, 0.6) is 11.5 Å². The first kappa shape index (κ1) is 20.8. The summed E-state index contributed by atoms with van der Waals surface area (Å²) in [5, 5.41) is 10.2. The van der Waals surface area contributed by atoms with Crippen molar-refractivity contribution in [2.45, 2.75) is 44.5 Å². The fraction of sp³-hybridized carbons (Fsp3) is 0.368. The minimum Gasteiger partial charge on any atom is -0.486 e. The van der Waals surface area contributed by atoms with Crippen LogP contribution in [0.25, 0.3) is 0 Å². The summed E-state index contributed by atoms with van der Waals surface area (Å²) in [7, 11) is 0. The van der Waals surface area contributed by atoms with Gasteiger partial charge in [-0.15, -0.1) is 0 Å². The summed E-state index contributed by atoms with van der Waals surface area (Å²) in [6.07, 6.45) is 3.37. The zero-order valence-electron chi connectivity index (χ0n) is 14.6. The Hall–Kier alpha value is -1.96. The summed E-state index contributed by atoms with van der Waals surface area (Å²) in [6.45, 7) is -3.03. The van der Waals surface area contributed by atoms with E-state index in [0.29, 0.717) is 24.8 Å². The predicted molar refractivity (Wildman–Crippen MR) is 99.6 cm³/mol. The van der Waals surface area contributed by atoms with Gasteiger partial charge in [-0.2, -0.15) is 8.78 Å². The Morgan fingerprint density at radius 1 is 1.21 bits per heavy atom. The summed E-state index contributed by atoms with van der Waals surface area (Å²) in [5.41, 5.74) is 0.664. The minimum atomic E-state index is -3.03. The smallest absolute Gasteiger partial charge is 0.387 e. The molecule has 0 saturated heterocycles. The van der Waals surface area contributed by atoms with E-state index < -0.39 is 12.7 Å². The standard InChI is InChI=1S/C19H17Cl2F2NO4/c20-14-8-24-9-15(21)13(14)7-16(26)10-1-4-17(28-19(22)23)18(5-10)27-12-3-2-11(25)6-12/h1,4-5,8-9,11-12,19,25H,2-3,6-7H2/t11-,12-/m1/s1. The van der Waals surface area contributed by atoms with E-state index in [9.17, 15) is 18.7 Å². The number of ketones is 1. The van der Waals surface area contributed by atoms with Crippen molar-refractivity contribution < 1.29 is 28.2 Å². The van der Waals surface area contributed by atoms with Crippen molar-refractivity contribution in [3.8, 4) is 11.5 Å². The van der Waals surface area contributed by atoms with Crippen LogP contribution >= 0.6 is 23.2 Å². The molecule has 2 aromatic rings. The molecule has 1 saturated carbocycles. The highest BCUT2D eigenvalue weighted by molar-refractivity contribution is 6.36. The van der Waals surface area contributed by atoms with Gasteiger partial charge in [0.25, 0.3) is 0 Å². The van der Waals surface area contributed by atoms with Crippen LogP contribution in [-0.2, 0) is 6.42 Å². The predicted octanol–water partition coefficient (Wildman–Crippen LogP) is 4.71. The molecule has 0 unspecified atom stereocenters. The van der Waals surface area contributed by atoms with E-state index in [4.69, 9.17) is 27.9 Å². The van der Waals surface area contributed by atoms with Crippen molar-refractivity contribution >= 4 is 29.0 Å². The van der Waals surface area contributed by atoms with E-state index in [1.807, 2.05) is 0 Å². The van der Waals surface area contributed by atoms with E-state index in [0.717, 1.165) is 0 Å². The summed E-state index contributed by atoms with van der Waals surface area (Å²) < 4.78 is 35.6. The Morgan fingerprint density at radius 3 is 2.54 bits per heavy atom. The second kappa shape index (κ2) is 9.03. The largest absolute Gasteiger partial charge is 0.486 e. The second-order valence-electron chi connectivity index (χ2n) is 6.43. The highest BCUT2D eigenvalue weighted by Crippen LogP contribution is 2.34. The number of pyridine rings is 1. The number of rotatable bonds is 7. The molecule has 150 valence electrons. The lowest BCUT2D eigenvalue weighted by molar-refractivity contribution is -0.0521. The molecular formula is C19H17Cl2F2NO4. The van der Waals surface area contributed by atoms with Crippen LogP contribution in [0.15, 0.2) is 30.6 Å². The molecule has 0 bridgehead atoms. The monoisotopic (exact) mass is 431 g/mol. The molecule has 0 aliphatic heterocycles. The number of ether oxygens (including phenoxy) is 2. The van der Waals surface area contributed by atoms with Gasteiger partial charge in [-0.05, 0) is 31.0 Å². The molecule has 0 amide bonds. The number of Topliss-reactive ketones (excluding diaryl/α,β-unsaturated/α-hetero) is 1. The fourth-order valence-electron chi connectivity index (χ4n) is 3.04. The van der Waals surface area contributed by atoms with Crippen LogP contribution in [0.4, 0.5) is 8.78 Å². The first-order valence-electron chi connectivity index (χ1n) is 8.58. The van der Waals surface area contributed by atoms with E-state index >= 15 is 0 Å². The normalized spacial score (nSPS) is 19.1. The maximum Gasteiger partial charge on any atom is 0.387 e. The third kappa shape index (κ3) is 5.10. The molecular weight excluding hydrogens is 415 g/mol. The lowest BCUT2D eigenvalue weighted by Gasteiger charge is -2.17. The van der Waals surface area contributed by atoms with Crippen LogP contribution in [0.2, 0.25) is 10.0 Å². The highest BCUT2D eigenvalue weighted by atomic mass is 35.5. The van der Waals surface area contributed by atoms with Crippen molar-refractivity contribution in [3.05, 3.63) is 51.8 Å². The van der Waals surface area contributed by atoms with Crippen molar-refractivity contribution in [1.82, 2.24) is 4.98 Å². The first-order chi connectivity index (χ1) is 13.3. The molecule has 1 aliphatic carbocycles. The number of aliphatic hydroxyl groups excluding tert-OH is 1. The number of aliphatic hydroxyl groups is 1. The number of nitrogens with zero attached hydrogens (tertiary/aromatic N) is 1. The maximum atomic E-state index is 12.7. The van der Waals surface area contributed by atoms with Crippen LogP contribution in [-0.4, -0.2) is 34.7 Å². The van der Waals surface area contributed by atoms with Gasteiger partial charge >= 0.3 is 6.61 Å². The first-order valence-corrected chi connectivity index (χ1v) is 9.33. The molecule has 3 rings (SSSR count). The van der Waals surface area contributed by atoms with Crippen molar-refractivity contribution in [2.75, 3.05) is 0 Å². The topological polar surface area (TPSA) is 68.7 Å². The number of hydrogen-bond acceptors (Lipinski definition) is 5. The Morgan fingerprint density at radius 2 is 1.93 bits per heavy atom. The van der Waals surface area contributed by atoms with Gasteiger partial charge in [0.05, 0.1) is 16.1 Å². The van der Waals surface area contributed by atoms with Gasteiger partial charge in [-0.25, -0.2) is 0 Å². The summed E-state index contributed by atoms with van der Waals surface area (Å²) in [6, 6.07) is 3.99. The Balaban J connectivity index is 1.84. The quantitative estimate of drug-likeness (QED) is 0.642. The zero-order chi connectivity index (χ0) is 20.3. The highest BCUT2D eigenvalue weighted by Gasteiger charge is 2.26. The Bertz CT molecular complexity index is 846. The van der Waals surface area contributed by atoms with Gasteiger partial charge < -0.3 is 14.6 Å². The number of carbonyl (C=O) groups is 1. The molecule has 1 aromatic heterocycles. The molecule has 1 fully saturated rings. The average Bonchev–Trinajstić information content (AvgIpc) is 3.04. The zero-order valence-corrected chi connectivity index (χ0v) is 16.1. The van der Waals surface area contributed by atoms with E-state index in [1.165, 1.54) is 30.6 Å². The average molecular weight is 432 g/mol. The third-order valence-corrected chi connectivity index (χ3v) is 5.07. The lowest BCUT2D eigenvalue weighted by Crippen LogP contribution is -2.15. The molecule has 5 nitrogen and oxygen atoms in total. The number of aromatic nitrogens is 1. The van der Waals surface area contributed by atoms with Crippen LogP contribution in [0.1, 0.15) is 35.2 Å². The number of hydrogen-bond donors (Lipinski definition) is 1. The summed E-state index contributed by atoms with van der Waals surface area (Å²) >= 11 is 12.1. The Kier molecular flexibility index (Phi) is 6.69. The van der Waals surface area contributed by atoms with Crippen molar-refractivity contribution in [2.24, 2.45) is 0 Å². The molecule has 1 aliphatic rings. The van der Waals surface area contributed by atoms with Gasteiger partial charge in [-0.1, -0.05) is 23.2 Å². The SMILES string of the molecule is O=C(Cc1c(Cl)cncc1Cl)c1ccc(OC(F)F)c(O[C@@H]2CC[C@@H](O)C2)c1. The maximum absolute atomic E-state index is 12.7. The van der Waals surface area contributed by atoms with Crippen molar-refractivity contribution in [3.63, 3.8) is 0 Å². The van der Waals surface area contributed by atoms with Crippen LogP contribution in [0, 0.1) is 0 Å². The fourth-order valence-corrected chi connectivity index (χ4v) is 3.54. The van der Waals surface area contributed by atoms with Gasteiger partial charge in [0.2, 0.25) is 0 Å². The Labute approximate surface area is 170 Å². The van der Waals surface area contributed by atoms with Crippen molar-refractivity contribution in [1.29, 1.82) is 0 Å². The molecule has 28 heavy (non-hydrogen) atoms. The molecule has 1 heterocycles.